The lowest BCUT2D eigenvalue weighted by atomic mass is 10.2. The molecule has 4 nitrogen and oxygen atoms in total. The van der Waals surface area contributed by atoms with Crippen molar-refractivity contribution in [2.75, 3.05) is 5.32 Å². The number of rotatable bonds is 3. The fourth-order valence-corrected chi connectivity index (χ4v) is 2.01. The summed E-state index contributed by atoms with van der Waals surface area (Å²) in [6.45, 7) is 1.86. The predicted octanol–water partition coefficient (Wildman–Crippen LogP) is 3.03. The molecule has 0 atom stereocenters. The highest BCUT2D eigenvalue weighted by atomic mass is 32.1. The molecule has 88 valence electrons. The Hall–Kier alpha value is -1.95. The third-order valence-corrected chi connectivity index (χ3v) is 2.95. The molecule has 6 heteroatoms. The zero-order valence-electron chi connectivity index (χ0n) is 8.90. The molecule has 0 aliphatic heterocycles. The molecule has 0 spiro atoms. The molecule has 1 aromatic heterocycles. The number of nitrogens with one attached hydrogen (secondary N) is 1. The number of thiazole rings is 1. The van der Waals surface area contributed by atoms with Gasteiger partial charge in [-0.3, -0.25) is 0 Å². The molecule has 17 heavy (non-hydrogen) atoms. The normalized spacial score (nSPS) is 10.2. The molecule has 0 saturated heterocycles. The van der Waals surface area contributed by atoms with Crippen molar-refractivity contribution in [3.8, 4) is 0 Å². The second-order valence-corrected chi connectivity index (χ2v) is 4.28. The second kappa shape index (κ2) is 4.50. The van der Waals surface area contributed by atoms with E-state index in [0.717, 1.165) is 11.8 Å². The molecule has 0 aliphatic carbocycles. The van der Waals surface area contributed by atoms with Crippen LogP contribution >= 0.6 is 11.3 Å². The zero-order chi connectivity index (χ0) is 12.4. The number of hydrogen-bond donors (Lipinski definition) is 2. The minimum atomic E-state index is -1.28. The minimum Gasteiger partial charge on any atom is -0.478 e. The van der Waals surface area contributed by atoms with Gasteiger partial charge in [0, 0.05) is 11.1 Å². The number of carboxylic acid groups (broad SMARTS) is 1. The summed E-state index contributed by atoms with van der Waals surface area (Å²) in [5.74, 6) is -2.05. The van der Waals surface area contributed by atoms with Crippen LogP contribution in [0.5, 0.6) is 0 Å². The third kappa shape index (κ3) is 2.59. The molecule has 2 aromatic rings. The Balaban J connectivity index is 2.23. The monoisotopic (exact) mass is 252 g/mol. The molecule has 2 rings (SSSR count). The topological polar surface area (TPSA) is 62.2 Å². The van der Waals surface area contributed by atoms with Gasteiger partial charge in [0.1, 0.15) is 5.82 Å². The van der Waals surface area contributed by atoms with Gasteiger partial charge in [0.25, 0.3) is 0 Å². The van der Waals surface area contributed by atoms with Gasteiger partial charge in [0.2, 0.25) is 0 Å². The van der Waals surface area contributed by atoms with Gasteiger partial charge in [-0.25, -0.2) is 14.2 Å². The molecule has 0 radical (unpaired) electrons. The Kier molecular flexibility index (Phi) is 3.06. The van der Waals surface area contributed by atoms with Crippen molar-refractivity contribution in [2.45, 2.75) is 6.92 Å². The lowest BCUT2D eigenvalue weighted by molar-refractivity contribution is 0.0692. The van der Waals surface area contributed by atoms with Crippen LogP contribution in [0.3, 0.4) is 0 Å². The first kappa shape index (κ1) is 11.5. The average Bonchev–Trinajstić information content (AvgIpc) is 2.63. The quantitative estimate of drug-likeness (QED) is 0.881. The van der Waals surface area contributed by atoms with Crippen LogP contribution in [0.2, 0.25) is 0 Å². The molecule has 0 saturated carbocycles. The Morgan fingerprint density at radius 2 is 2.29 bits per heavy atom. The van der Waals surface area contributed by atoms with E-state index in [1.165, 1.54) is 23.5 Å². The van der Waals surface area contributed by atoms with Crippen LogP contribution in [0.25, 0.3) is 0 Å². The summed E-state index contributed by atoms with van der Waals surface area (Å²) in [5, 5.41) is 14.1. The van der Waals surface area contributed by atoms with Crippen molar-refractivity contribution >= 4 is 28.1 Å². The number of carboxylic acids is 1. The summed E-state index contributed by atoms with van der Waals surface area (Å²) in [6.07, 6.45) is 0. The Bertz CT molecular complexity index is 568. The molecular formula is C11H9FN2O2S. The van der Waals surface area contributed by atoms with Crippen LogP contribution in [-0.2, 0) is 0 Å². The summed E-state index contributed by atoms with van der Waals surface area (Å²) >= 11 is 1.40. The average molecular weight is 252 g/mol. The predicted molar refractivity (Wildman–Crippen MR) is 63.5 cm³/mol. The second-order valence-electron chi connectivity index (χ2n) is 3.42. The molecule has 1 aromatic carbocycles. The molecule has 0 bridgehead atoms. The van der Waals surface area contributed by atoms with Gasteiger partial charge in [-0.2, -0.15) is 0 Å². The standard InChI is InChI=1S/C11H9FN2O2S/c1-6-5-17-11(13-6)14-7-2-3-8(10(15)16)9(12)4-7/h2-5H,1H3,(H,13,14)(H,15,16). The maximum absolute atomic E-state index is 13.4. The van der Waals surface area contributed by atoms with Crippen LogP contribution < -0.4 is 5.32 Å². The van der Waals surface area contributed by atoms with Gasteiger partial charge in [-0.15, -0.1) is 11.3 Å². The Morgan fingerprint density at radius 1 is 1.53 bits per heavy atom. The van der Waals surface area contributed by atoms with Gasteiger partial charge in [0.15, 0.2) is 5.13 Å². The maximum atomic E-state index is 13.4. The van der Waals surface area contributed by atoms with E-state index in [1.54, 1.807) is 0 Å². The number of benzene rings is 1. The zero-order valence-corrected chi connectivity index (χ0v) is 9.71. The van der Waals surface area contributed by atoms with Crippen molar-refractivity contribution in [1.82, 2.24) is 4.98 Å². The number of halogens is 1. The van der Waals surface area contributed by atoms with Crippen molar-refractivity contribution in [1.29, 1.82) is 0 Å². The van der Waals surface area contributed by atoms with E-state index in [4.69, 9.17) is 5.11 Å². The van der Waals surface area contributed by atoms with E-state index in [0.29, 0.717) is 10.8 Å². The van der Waals surface area contributed by atoms with Crippen LogP contribution in [0.15, 0.2) is 23.6 Å². The number of anilines is 2. The fraction of sp³-hybridized carbons (Fsp3) is 0.0909. The van der Waals surface area contributed by atoms with Crippen molar-refractivity contribution < 1.29 is 14.3 Å². The minimum absolute atomic E-state index is 0.342. The van der Waals surface area contributed by atoms with Crippen molar-refractivity contribution in [3.05, 3.63) is 40.7 Å². The number of aryl methyl sites for hydroxylation is 1. The highest BCUT2D eigenvalue weighted by molar-refractivity contribution is 7.13. The molecule has 2 N–H and O–H groups in total. The molecule has 0 unspecified atom stereocenters. The number of hydrogen-bond acceptors (Lipinski definition) is 4. The number of carbonyl (C=O) groups is 1. The largest absolute Gasteiger partial charge is 0.478 e. The molecule has 0 fully saturated rings. The maximum Gasteiger partial charge on any atom is 0.338 e. The summed E-state index contributed by atoms with van der Waals surface area (Å²) in [6, 6.07) is 3.86. The molecular weight excluding hydrogens is 243 g/mol. The molecule has 0 amide bonds. The van der Waals surface area contributed by atoms with Crippen molar-refractivity contribution in [3.63, 3.8) is 0 Å². The Morgan fingerprint density at radius 3 is 2.82 bits per heavy atom. The van der Waals surface area contributed by atoms with Crippen LogP contribution in [0.1, 0.15) is 16.1 Å². The van der Waals surface area contributed by atoms with Gasteiger partial charge in [-0.05, 0) is 25.1 Å². The summed E-state index contributed by atoms with van der Waals surface area (Å²) in [4.78, 5) is 14.8. The van der Waals surface area contributed by atoms with Crippen LogP contribution in [-0.4, -0.2) is 16.1 Å². The fourth-order valence-electron chi connectivity index (χ4n) is 1.30. The van der Waals surface area contributed by atoms with E-state index >= 15 is 0 Å². The van der Waals surface area contributed by atoms with Crippen LogP contribution in [0.4, 0.5) is 15.2 Å². The van der Waals surface area contributed by atoms with Gasteiger partial charge < -0.3 is 10.4 Å². The first-order valence-electron chi connectivity index (χ1n) is 4.78. The first-order chi connectivity index (χ1) is 8.06. The summed E-state index contributed by atoms with van der Waals surface area (Å²) < 4.78 is 13.4. The Labute approximate surface area is 101 Å². The summed E-state index contributed by atoms with van der Waals surface area (Å²) in [7, 11) is 0. The highest BCUT2D eigenvalue weighted by Crippen LogP contribution is 2.22. The van der Waals surface area contributed by atoms with Gasteiger partial charge in [-0.1, -0.05) is 0 Å². The lowest BCUT2D eigenvalue weighted by Gasteiger charge is -2.04. The van der Waals surface area contributed by atoms with Gasteiger partial charge in [0.05, 0.1) is 11.3 Å². The van der Waals surface area contributed by atoms with E-state index in [2.05, 4.69) is 10.3 Å². The smallest absolute Gasteiger partial charge is 0.338 e. The van der Waals surface area contributed by atoms with E-state index in [1.807, 2.05) is 12.3 Å². The number of aromatic nitrogens is 1. The number of aromatic carboxylic acids is 1. The number of nitrogens with zero attached hydrogens (tertiary/aromatic N) is 1. The third-order valence-electron chi connectivity index (χ3n) is 2.07. The first-order valence-corrected chi connectivity index (χ1v) is 5.66. The molecule has 0 aliphatic rings. The van der Waals surface area contributed by atoms with Crippen molar-refractivity contribution in [2.24, 2.45) is 0 Å². The summed E-state index contributed by atoms with van der Waals surface area (Å²) in [5.41, 5.74) is 1.01. The van der Waals surface area contributed by atoms with Crippen LogP contribution in [0, 0.1) is 12.7 Å². The SMILES string of the molecule is Cc1csc(Nc2ccc(C(=O)O)c(F)c2)n1. The van der Waals surface area contributed by atoms with E-state index in [-0.39, 0.29) is 5.56 Å². The van der Waals surface area contributed by atoms with E-state index in [9.17, 15) is 9.18 Å². The van der Waals surface area contributed by atoms with E-state index < -0.39 is 11.8 Å². The lowest BCUT2D eigenvalue weighted by Crippen LogP contribution is -2.01. The highest BCUT2D eigenvalue weighted by Gasteiger charge is 2.10. The van der Waals surface area contributed by atoms with Gasteiger partial charge >= 0.3 is 5.97 Å². The molecule has 1 heterocycles.